The summed E-state index contributed by atoms with van der Waals surface area (Å²) in [6.45, 7) is 1.02. The van der Waals surface area contributed by atoms with Crippen molar-refractivity contribution in [2.45, 2.75) is 44.8 Å². The molecule has 1 aliphatic carbocycles. The highest BCUT2D eigenvalue weighted by molar-refractivity contribution is 5.94. The van der Waals surface area contributed by atoms with E-state index in [0.29, 0.717) is 30.6 Å². The number of alkyl halides is 3. The summed E-state index contributed by atoms with van der Waals surface area (Å²) in [4.78, 5) is 23.2. The van der Waals surface area contributed by atoms with Crippen LogP contribution < -0.4 is 10.1 Å². The number of benzene rings is 1. The van der Waals surface area contributed by atoms with E-state index < -0.39 is 24.0 Å². The predicted molar refractivity (Wildman–Crippen MR) is 81.9 cm³/mol. The van der Waals surface area contributed by atoms with Gasteiger partial charge in [-0.2, -0.15) is 13.2 Å². The second kappa shape index (κ2) is 7.68. The van der Waals surface area contributed by atoms with Crippen molar-refractivity contribution in [3.05, 3.63) is 29.8 Å². The number of carbonyl (C=O) groups excluding carboxylic acids is 2. The average molecular weight is 343 g/mol. The smallest absolute Gasteiger partial charge is 0.393 e. The van der Waals surface area contributed by atoms with E-state index in [1.807, 2.05) is 0 Å². The Kier molecular flexibility index (Phi) is 5.85. The third-order valence-corrected chi connectivity index (χ3v) is 4.14. The van der Waals surface area contributed by atoms with Crippen LogP contribution in [0.2, 0.25) is 0 Å². The summed E-state index contributed by atoms with van der Waals surface area (Å²) >= 11 is 0. The second-order valence-corrected chi connectivity index (χ2v) is 5.98. The normalized spacial score (nSPS) is 21.2. The van der Waals surface area contributed by atoms with Gasteiger partial charge in [0.2, 0.25) is 0 Å². The van der Waals surface area contributed by atoms with Crippen LogP contribution in [0.5, 0.6) is 5.75 Å². The lowest BCUT2D eigenvalue weighted by Crippen LogP contribution is -2.48. The zero-order chi connectivity index (χ0) is 17.7. The molecule has 1 saturated carbocycles. The fourth-order valence-electron chi connectivity index (χ4n) is 2.90. The number of hydrogen-bond acceptors (Lipinski definition) is 3. The maximum absolute atomic E-state index is 13.0. The third-order valence-electron chi connectivity index (χ3n) is 4.14. The van der Waals surface area contributed by atoms with Crippen LogP contribution in [-0.4, -0.2) is 30.5 Å². The van der Waals surface area contributed by atoms with Crippen LogP contribution in [0.25, 0.3) is 0 Å². The Bertz CT molecular complexity index is 601. The first kappa shape index (κ1) is 18.3. The number of halogens is 3. The first-order valence-corrected chi connectivity index (χ1v) is 7.87. The summed E-state index contributed by atoms with van der Waals surface area (Å²) in [7, 11) is 0. The van der Waals surface area contributed by atoms with Gasteiger partial charge in [0.1, 0.15) is 5.75 Å². The van der Waals surface area contributed by atoms with Crippen LogP contribution in [0, 0.1) is 5.92 Å². The van der Waals surface area contributed by atoms with Crippen molar-refractivity contribution in [1.29, 1.82) is 0 Å². The Morgan fingerprint density at radius 2 is 1.96 bits per heavy atom. The van der Waals surface area contributed by atoms with Gasteiger partial charge in [0.15, 0.2) is 12.4 Å². The van der Waals surface area contributed by atoms with Crippen molar-refractivity contribution < 1.29 is 27.5 Å². The molecular formula is C17H20F3NO3. The summed E-state index contributed by atoms with van der Waals surface area (Å²) < 4.78 is 44.3. The molecule has 0 heterocycles. The molecule has 0 unspecified atom stereocenters. The van der Waals surface area contributed by atoms with Gasteiger partial charge in [-0.3, -0.25) is 9.59 Å². The van der Waals surface area contributed by atoms with Crippen LogP contribution in [0.3, 0.4) is 0 Å². The summed E-state index contributed by atoms with van der Waals surface area (Å²) in [6.07, 6.45) is -2.77. The van der Waals surface area contributed by atoms with E-state index >= 15 is 0 Å². The second-order valence-electron chi connectivity index (χ2n) is 5.98. The van der Waals surface area contributed by atoms with Crippen LogP contribution in [-0.2, 0) is 4.79 Å². The molecule has 0 aliphatic heterocycles. The Morgan fingerprint density at radius 3 is 2.62 bits per heavy atom. The fourth-order valence-corrected chi connectivity index (χ4v) is 2.90. The van der Waals surface area contributed by atoms with Crippen molar-refractivity contribution in [3.63, 3.8) is 0 Å². The highest BCUT2D eigenvalue weighted by Gasteiger charge is 2.45. The molecule has 1 N–H and O–H groups in total. The largest absolute Gasteiger partial charge is 0.484 e. The van der Waals surface area contributed by atoms with Crippen LogP contribution in [0.15, 0.2) is 24.3 Å². The monoisotopic (exact) mass is 343 g/mol. The van der Waals surface area contributed by atoms with E-state index in [1.54, 1.807) is 18.2 Å². The maximum atomic E-state index is 13.0. The van der Waals surface area contributed by atoms with E-state index in [-0.39, 0.29) is 18.8 Å². The summed E-state index contributed by atoms with van der Waals surface area (Å²) in [5.74, 6) is -1.91. The zero-order valence-corrected chi connectivity index (χ0v) is 13.4. The molecule has 0 radical (unpaired) electrons. The molecule has 1 aromatic carbocycles. The minimum Gasteiger partial charge on any atom is -0.484 e. The Labute approximate surface area is 138 Å². The summed E-state index contributed by atoms with van der Waals surface area (Å²) in [5, 5.41) is 2.43. The van der Waals surface area contributed by atoms with Crippen molar-refractivity contribution in [2.75, 3.05) is 6.61 Å². The molecule has 0 bridgehead atoms. The topological polar surface area (TPSA) is 55.4 Å². The van der Waals surface area contributed by atoms with Crippen molar-refractivity contribution in [3.8, 4) is 5.75 Å². The zero-order valence-electron chi connectivity index (χ0n) is 13.4. The van der Waals surface area contributed by atoms with Crippen LogP contribution in [0.4, 0.5) is 13.2 Å². The number of ketones is 1. The number of carbonyl (C=O) groups is 2. The molecule has 1 aromatic rings. The van der Waals surface area contributed by atoms with Gasteiger partial charge in [-0.25, -0.2) is 0 Å². The Hall–Kier alpha value is -2.05. The van der Waals surface area contributed by atoms with Crippen molar-refractivity contribution in [2.24, 2.45) is 5.92 Å². The molecule has 2 atom stereocenters. The highest BCUT2D eigenvalue weighted by Crippen LogP contribution is 2.37. The summed E-state index contributed by atoms with van der Waals surface area (Å²) in [6, 6.07) is 5.40. The fraction of sp³-hybridized carbons (Fsp3) is 0.529. The van der Waals surface area contributed by atoms with Crippen molar-refractivity contribution >= 4 is 11.7 Å². The van der Waals surface area contributed by atoms with Gasteiger partial charge in [-0.15, -0.1) is 0 Å². The Morgan fingerprint density at radius 1 is 1.25 bits per heavy atom. The van der Waals surface area contributed by atoms with Gasteiger partial charge in [0, 0.05) is 11.6 Å². The SMILES string of the molecule is CC(=O)c1cccc(OCC(=O)N[C@H]2CCCC[C@@H]2C(F)(F)F)c1. The van der Waals surface area contributed by atoms with Gasteiger partial charge in [0.25, 0.3) is 5.91 Å². The molecule has 4 nitrogen and oxygen atoms in total. The molecule has 1 amide bonds. The van der Waals surface area contributed by atoms with Crippen LogP contribution in [0.1, 0.15) is 43.0 Å². The van der Waals surface area contributed by atoms with E-state index in [9.17, 15) is 22.8 Å². The lowest BCUT2D eigenvalue weighted by Gasteiger charge is -2.33. The summed E-state index contributed by atoms with van der Waals surface area (Å²) in [5.41, 5.74) is 0.442. The molecule has 132 valence electrons. The number of nitrogens with one attached hydrogen (secondary N) is 1. The highest BCUT2D eigenvalue weighted by atomic mass is 19.4. The molecule has 0 aromatic heterocycles. The quantitative estimate of drug-likeness (QED) is 0.833. The third kappa shape index (κ3) is 4.97. The van der Waals surface area contributed by atoms with Crippen molar-refractivity contribution in [1.82, 2.24) is 5.32 Å². The van der Waals surface area contributed by atoms with Gasteiger partial charge < -0.3 is 10.1 Å². The van der Waals surface area contributed by atoms with E-state index in [0.717, 1.165) is 0 Å². The maximum Gasteiger partial charge on any atom is 0.393 e. The predicted octanol–water partition coefficient (Wildman–Crippen LogP) is 3.51. The molecule has 1 aliphatic rings. The van der Waals surface area contributed by atoms with E-state index in [1.165, 1.54) is 13.0 Å². The van der Waals surface area contributed by atoms with Gasteiger partial charge in [-0.1, -0.05) is 25.0 Å². The minimum atomic E-state index is -4.31. The van der Waals surface area contributed by atoms with E-state index in [2.05, 4.69) is 5.32 Å². The minimum absolute atomic E-state index is 0.0377. The van der Waals surface area contributed by atoms with Gasteiger partial charge in [0.05, 0.1) is 5.92 Å². The first-order valence-electron chi connectivity index (χ1n) is 7.87. The lowest BCUT2D eigenvalue weighted by atomic mass is 9.84. The molecule has 2 rings (SSSR count). The van der Waals surface area contributed by atoms with Gasteiger partial charge in [-0.05, 0) is 31.9 Å². The van der Waals surface area contributed by atoms with Gasteiger partial charge >= 0.3 is 6.18 Å². The number of hydrogen-bond donors (Lipinski definition) is 1. The Balaban J connectivity index is 1.90. The number of Topliss-reactive ketones (excluding diaryl/α,β-unsaturated/α-hetero) is 1. The average Bonchev–Trinajstić information content (AvgIpc) is 2.52. The van der Waals surface area contributed by atoms with E-state index in [4.69, 9.17) is 4.74 Å². The lowest BCUT2D eigenvalue weighted by molar-refractivity contribution is -0.189. The standard InChI is InChI=1S/C17H20F3NO3/c1-11(22)12-5-4-6-13(9-12)24-10-16(23)21-15-8-3-2-7-14(15)17(18,19)20/h4-6,9,14-15H,2-3,7-8,10H2,1H3,(H,21,23)/t14-,15-/m0/s1. The number of rotatable bonds is 5. The molecule has 7 heteroatoms. The molecule has 1 fully saturated rings. The number of amides is 1. The van der Waals surface area contributed by atoms with Crippen LogP contribution >= 0.6 is 0 Å². The first-order chi connectivity index (χ1) is 11.3. The molecule has 0 saturated heterocycles. The number of ether oxygens (including phenoxy) is 1. The molecule has 24 heavy (non-hydrogen) atoms. The molecular weight excluding hydrogens is 323 g/mol. The molecule has 0 spiro atoms.